The van der Waals surface area contributed by atoms with E-state index in [9.17, 15) is 19.6 Å². The predicted octanol–water partition coefficient (Wildman–Crippen LogP) is 3.20. The van der Waals surface area contributed by atoms with Crippen LogP contribution in [0.25, 0.3) is 0 Å². The van der Waals surface area contributed by atoms with Crippen LogP contribution in [0, 0.1) is 23.2 Å². The second kappa shape index (κ2) is 9.18. The van der Waals surface area contributed by atoms with Gasteiger partial charge in [-0.2, -0.15) is 0 Å². The highest BCUT2D eigenvalue weighted by Crippen LogP contribution is 2.62. The lowest BCUT2D eigenvalue weighted by molar-refractivity contribution is -0.132. The van der Waals surface area contributed by atoms with Gasteiger partial charge in [-0.25, -0.2) is 0 Å². The van der Waals surface area contributed by atoms with Crippen LogP contribution in [-0.2, 0) is 16.0 Å². The van der Waals surface area contributed by atoms with E-state index in [0.29, 0.717) is 53.7 Å². The lowest BCUT2D eigenvalue weighted by atomic mass is 9.53. The van der Waals surface area contributed by atoms with Crippen LogP contribution in [0.3, 0.4) is 0 Å². The van der Waals surface area contributed by atoms with Crippen molar-refractivity contribution in [3.8, 4) is 0 Å². The summed E-state index contributed by atoms with van der Waals surface area (Å²) in [6, 6.07) is 5.92. The van der Waals surface area contributed by atoms with Gasteiger partial charge in [0.25, 0.3) is 0 Å². The van der Waals surface area contributed by atoms with Gasteiger partial charge in [-0.1, -0.05) is 25.1 Å². The predicted molar refractivity (Wildman–Crippen MR) is 129 cm³/mol. The van der Waals surface area contributed by atoms with Crippen LogP contribution in [0.4, 0.5) is 0 Å². The van der Waals surface area contributed by atoms with Gasteiger partial charge in [0.05, 0.1) is 0 Å². The molecule has 5 nitrogen and oxygen atoms in total. The molecule has 33 heavy (non-hydrogen) atoms. The number of carbonyl (C=O) groups excluding carboxylic acids is 2. The first-order chi connectivity index (χ1) is 15.9. The van der Waals surface area contributed by atoms with Crippen molar-refractivity contribution in [2.45, 2.75) is 83.5 Å². The van der Waals surface area contributed by atoms with Gasteiger partial charge < -0.3 is 14.9 Å². The van der Waals surface area contributed by atoms with Gasteiger partial charge in [0.1, 0.15) is 5.78 Å². The zero-order valence-electron chi connectivity index (χ0n) is 20.0. The highest BCUT2D eigenvalue weighted by Gasteiger charge is 2.58. The Hall–Kier alpha value is -1.66. The molecule has 1 saturated heterocycles. The number of piperidine rings is 1. The Morgan fingerprint density at radius 3 is 2.73 bits per heavy atom. The van der Waals surface area contributed by atoms with Crippen molar-refractivity contribution >= 4 is 24.3 Å². The van der Waals surface area contributed by atoms with Crippen LogP contribution in [0.15, 0.2) is 18.2 Å². The number of rotatable bonds is 5. The summed E-state index contributed by atoms with van der Waals surface area (Å²) in [5, 5.41) is 19.1. The minimum Gasteiger partial charge on any atom is -0.423 e. The molecule has 3 aliphatic carbocycles. The molecule has 4 aliphatic rings. The van der Waals surface area contributed by atoms with Crippen LogP contribution in [0.2, 0.25) is 0 Å². The van der Waals surface area contributed by atoms with Crippen molar-refractivity contribution in [2.75, 3.05) is 13.1 Å². The fourth-order valence-corrected chi connectivity index (χ4v) is 7.90. The Bertz CT molecular complexity index is 911. The summed E-state index contributed by atoms with van der Waals surface area (Å²) in [7, 11) is -1.42. The van der Waals surface area contributed by atoms with Crippen LogP contribution in [0.1, 0.15) is 88.2 Å². The van der Waals surface area contributed by atoms with Crippen molar-refractivity contribution in [3.63, 3.8) is 0 Å². The van der Waals surface area contributed by atoms with E-state index in [-0.39, 0.29) is 5.41 Å². The molecule has 1 aromatic carbocycles. The van der Waals surface area contributed by atoms with E-state index in [1.165, 1.54) is 17.5 Å². The third-order valence-corrected chi connectivity index (χ3v) is 9.57. The second-order valence-corrected chi connectivity index (χ2v) is 11.3. The second-order valence-electron chi connectivity index (χ2n) is 11.3. The number of hydrogen-bond acceptors (Lipinski definition) is 4. The maximum absolute atomic E-state index is 13.2. The molecule has 178 valence electrons. The molecule has 1 heterocycles. The molecule has 1 amide bonds. The van der Waals surface area contributed by atoms with Crippen molar-refractivity contribution < 1.29 is 19.6 Å². The Morgan fingerprint density at radius 2 is 1.97 bits per heavy atom. The molecule has 0 spiro atoms. The number of nitrogens with zero attached hydrogens (tertiary/aromatic N) is 1. The van der Waals surface area contributed by atoms with E-state index in [1.807, 2.05) is 17.0 Å². The van der Waals surface area contributed by atoms with Gasteiger partial charge in [-0.3, -0.25) is 9.59 Å². The van der Waals surface area contributed by atoms with Gasteiger partial charge in [0, 0.05) is 31.3 Å². The lowest BCUT2D eigenvalue weighted by Gasteiger charge is -2.50. The molecule has 1 aromatic rings. The molecule has 0 radical (unpaired) electrons. The van der Waals surface area contributed by atoms with E-state index in [1.54, 1.807) is 0 Å². The molecule has 3 fully saturated rings. The summed E-state index contributed by atoms with van der Waals surface area (Å²) >= 11 is 0. The lowest BCUT2D eigenvalue weighted by Crippen LogP contribution is -2.44. The van der Waals surface area contributed by atoms with Crippen molar-refractivity contribution in [1.82, 2.24) is 4.90 Å². The fraction of sp³-hybridized carbons (Fsp3) is 0.704. The van der Waals surface area contributed by atoms with Crippen LogP contribution < -0.4 is 5.46 Å². The molecule has 5 rings (SSSR count). The summed E-state index contributed by atoms with van der Waals surface area (Å²) in [5.41, 5.74) is 2.97. The smallest absolute Gasteiger partial charge is 0.423 e. The Morgan fingerprint density at radius 1 is 1.18 bits per heavy atom. The van der Waals surface area contributed by atoms with E-state index >= 15 is 0 Å². The first-order valence-corrected chi connectivity index (χ1v) is 13.2. The largest absolute Gasteiger partial charge is 0.488 e. The number of hydrogen-bond donors (Lipinski definition) is 2. The van der Waals surface area contributed by atoms with E-state index < -0.39 is 7.12 Å². The van der Waals surface area contributed by atoms with Crippen molar-refractivity contribution in [1.29, 1.82) is 0 Å². The first-order valence-electron chi connectivity index (χ1n) is 13.2. The number of benzene rings is 1. The quantitative estimate of drug-likeness (QED) is 0.675. The first kappa shape index (κ1) is 23.1. The van der Waals surface area contributed by atoms with E-state index in [2.05, 4.69) is 13.0 Å². The zero-order valence-corrected chi connectivity index (χ0v) is 20.0. The molecule has 2 saturated carbocycles. The Balaban J connectivity index is 1.29. The summed E-state index contributed by atoms with van der Waals surface area (Å²) < 4.78 is 0. The van der Waals surface area contributed by atoms with E-state index in [0.717, 1.165) is 64.5 Å². The van der Waals surface area contributed by atoms with Gasteiger partial charge in [-0.15, -0.1) is 0 Å². The van der Waals surface area contributed by atoms with Crippen molar-refractivity contribution in [3.05, 3.63) is 29.3 Å². The minimum atomic E-state index is -1.42. The summed E-state index contributed by atoms with van der Waals surface area (Å²) in [5.74, 6) is 2.52. The highest BCUT2D eigenvalue weighted by molar-refractivity contribution is 6.58. The Labute approximate surface area is 198 Å². The topological polar surface area (TPSA) is 77.8 Å². The molecule has 3 unspecified atom stereocenters. The molecule has 1 aliphatic heterocycles. The Kier molecular flexibility index (Phi) is 6.43. The number of fused-ring (bicyclic) bond motifs is 5. The van der Waals surface area contributed by atoms with Crippen LogP contribution in [-0.4, -0.2) is 46.8 Å². The van der Waals surface area contributed by atoms with E-state index in [4.69, 9.17) is 0 Å². The van der Waals surface area contributed by atoms with Crippen molar-refractivity contribution in [2.24, 2.45) is 23.2 Å². The number of likely N-dealkylation sites (tertiary alicyclic amines) is 1. The van der Waals surface area contributed by atoms with Crippen LogP contribution in [0.5, 0.6) is 0 Å². The van der Waals surface area contributed by atoms with Gasteiger partial charge in [0.2, 0.25) is 5.91 Å². The fourth-order valence-electron chi connectivity index (χ4n) is 7.90. The molecule has 0 aromatic heterocycles. The highest BCUT2D eigenvalue weighted by atomic mass is 16.4. The summed E-state index contributed by atoms with van der Waals surface area (Å²) in [4.78, 5) is 27.9. The number of ketones is 1. The maximum atomic E-state index is 13.2. The monoisotopic (exact) mass is 451 g/mol. The molecular weight excluding hydrogens is 413 g/mol. The van der Waals surface area contributed by atoms with Crippen LogP contribution >= 0.6 is 0 Å². The average Bonchev–Trinajstić information content (AvgIpc) is 3.08. The maximum Gasteiger partial charge on any atom is 0.488 e. The third kappa shape index (κ3) is 4.18. The number of aryl methyl sites for hydroxylation is 1. The van der Waals surface area contributed by atoms with Gasteiger partial charge in [-0.05, 0) is 98.0 Å². The summed E-state index contributed by atoms with van der Waals surface area (Å²) in [6.07, 6.45) is 10.7. The SMILES string of the molecule is C[C@]12CCC3c4ccc(B(O)O)cc4CCC3C1[C@@H](CCCC(=O)N1CCCCC1)CC2=O. The zero-order chi connectivity index (χ0) is 23.2. The normalized spacial score (nSPS) is 33.3. The number of amides is 1. The average molecular weight is 451 g/mol. The molecule has 6 heteroatoms. The number of Topliss-reactive ketones (excluding diaryl/α,β-unsaturated/α-hetero) is 1. The van der Waals surface area contributed by atoms with Gasteiger partial charge >= 0.3 is 7.12 Å². The standard InChI is InChI=1S/C27H38BNO4/c1-27-13-12-22-21-11-9-20(28(32)33)16-18(21)8-10-23(22)26(27)19(17-24(27)30)6-5-7-25(31)29-14-3-2-4-15-29/h9,11,16,19,22-23,26,32-33H,2-8,10,12-15,17H2,1H3/t19-,22?,23?,26?,27+/m0/s1. The molecule has 0 bridgehead atoms. The molecule has 5 atom stereocenters. The minimum absolute atomic E-state index is 0.207. The molecular formula is C27H38BNO4. The summed E-state index contributed by atoms with van der Waals surface area (Å²) in [6.45, 7) is 4.05. The molecule has 2 N–H and O–H groups in total. The van der Waals surface area contributed by atoms with Gasteiger partial charge in [0.15, 0.2) is 0 Å². The third-order valence-electron chi connectivity index (χ3n) is 9.57. The number of carbonyl (C=O) groups is 2.